The minimum atomic E-state index is -0.314. The van der Waals surface area contributed by atoms with Gasteiger partial charge in [-0.1, -0.05) is 30.3 Å². The average Bonchev–Trinajstić information content (AvgIpc) is 3.08. The van der Waals surface area contributed by atoms with Gasteiger partial charge in [-0.25, -0.2) is 9.78 Å². The third-order valence-electron chi connectivity index (χ3n) is 3.89. The quantitative estimate of drug-likeness (QED) is 0.349. The van der Waals surface area contributed by atoms with Crippen molar-refractivity contribution >= 4 is 40.5 Å². The van der Waals surface area contributed by atoms with Crippen molar-refractivity contribution in [1.29, 1.82) is 0 Å². The van der Waals surface area contributed by atoms with Gasteiger partial charge in [-0.15, -0.1) is 0 Å². The second kappa shape index (κ2) is 9.24. The summed E-state index contributed by atoms with van der Waals surface area (Å²) in [5.41, 5.74) is 1.82. The monoisotopic (exact) mass is 386 g/mol. The molecule has 3 aromatic rings. The van der Waals surface area contributed by atoms with Crippen LogP contribution in [0.25, 0.3) is 10.9 Å². The third-order valence-corrected chi connectivity index (χ3v) is 4.60. The molecule has 2 heterocycles. The van der Waals surface area contributed by atoms with E-state index in [4.69, 9.17) is 4.74 Å². The van der Waals surface area contributed by atoms with Crippen molar-refractivity contribution in [3.05, 3.63) is 48.2 Å². The summed E-state index contributed by atoms with van der Waals surface area (Å²) in [5.74, 6) is 1.95. The minimum Gasteiger partial charge on any atom is -0.384 e. The van der Waals surface area contributed by atoms with E-state index in [1.807, 2.05) is 37.3 Å². The molecule has 2 aromatic heterocycles. The van der Waals surface area contributed by atoms with Crippen LogP contribution in [0.5, 0.6) is 0 Å². The maximum absolute atomic E-state index is 12.2. The molecule has 0 unspecified atom stereocenters. The van der Waals surface area contributed by atoms with Gasteiger partial charge < -0.3 is 14.8 Å². The number of carbonyl (C=O) groups excluding carboxylic acids is 1. The van der Waals surface area contributed by atoms with Crippen LogP contribution < -0.4 is 15.4 Å². The lowest BCUT2D eigenvalue weighted by Crippen LogP contribution is -2.31. The zero-order valence-corrected chi connectivity index (χ0v) is 16.0. The predicted octanol–water partition coefficient (Wildman–Crippen LogP) is 3.55. The summed E-state index contributed by atoms with van der Waals surface area (Å²) in [6.07, 6.45) is 1.67. The summed E-state index contributed by atoms with van der Waals surface area (Å²) in [6, 6.07) is 11.1. The first-order valence-electron chi connectivity index (χ1n) is 8.50. The fourth-order valence-electron chi connectivity index (χ4n) is 2.48. The maximum atomic E-state index is 12.2. The van der Waals surface area contributed by atoms with Gasteiger partial charge in [-0.05, 0) is 24.4 Å². The van der Waals surface area contributed by atoms with E-state index in [1.165, 1.54) is 11.9 Å². The molecule has 0 fully saturated rings. The standard InChI is InChI=1S/C18H22N6O2S/c1-12(13-6-4-3-5-7-13)20-18(25)21-16-10-15-14(11-19-16)17(23-22-15)24-27-9-8-26-2/h3-7,10-12H,8-9H2,1-2H3,(H2,22,23,24)(H2,19,20,21,25)/t12-/m1/s1. The number of ether oxygens (including phenoxy) is 1. The van der Waals surface area contributed by atoms with Gasteiger partial charge in [-0.3, -0.25) is 10.4 Å². The normalized spacial score (nSPS) is 11.9. The Hall–Kier alpha value is -2.78. The first-order valence-corrected chi connectivity index (χ1v) is 9.49. The number of benzene rings is 1. The van der Waals surface area contributed by atoms with E-state index in [-0.39, 0.29) is 12.1 Å². The van der Waals surface area contributed by atoms with Gasteiger partial charge in [0.25, 0.3) is 0 Å². The molecule has 142 valence electrons. The van der Waals surface area contributed by atoms with Crippen molar-refractivity contribution in [2.24, 2.45) is 0 Å². The van der Waals surface area contributed by atoms with Crippen LogP contribution in [0.3, 0.4) is 0 Å². The number of carbonyl (C=O) groups is 1. The van der Waals surface area contributed by atoms with Crippen LogP contribution in [-0.4, -0.2) is 40.7 Å². The molecule has 0 aliphatic rings. The molecule has 0 saturated heterocycles. The van der Waals surface area contributed by atoms with Crippen molar-refractivity contribution < 1.29 is 9.53 Å². The molecule has 0 saturated carbocycles. The number of hydrogen-bond acceptors (Lipinski definition) is 6. The van der Waals surface area contributed by atoms with Crippen molar-refractivity contribution in [2.45, 2.75) is 13.0 Å². The lowest BCUT2D eigenvalue weighted by atomic mass is 10.1. The number of methoxy groups -OCH3 is 1. The first kappa shape index (κ1) is 19.0. The molecule has 27 heavy (non-hydrogen) atoms. The summed E-state index contributed by atoms with van der Waals surface area (Å²) in [6.45, 7) is 2.59. The molecule has 8 nitrogen and oxygen atoms in total. The average molecular weight is 386 g/mol. The number of urea groups is 1. The number of aromatic nitrogens is 3. The number of fused-ring (bicyclic) bond motifs is 1. The molecule has 0 radical (unpaired) electrons. The van der Waals surface area contributed by atoms with E-state index >= 15 is 0 Å². The lowest BCUT2D eigenvalue weighted by Gasteiger charge is -2.14. The Labute approximate surface area is 161 Å². The Morgan fingerprint density at radius 1 is 1.33 bits per heavy atom. The molecular formula is C18H22N6O2S. The van der Waals surface area contributed by atoms with Gasteiger partial charge in [0.1, 0.15) is 5.82 Å². The number of anilines is 2. The van der Waals surface area contributed by atoms with Gasteiger partial charge in [0.2, 0.25) is 0 Å². The van der Waals surface area contributed by atoms with Crippen LogP contribution in [0.15, 0.2) is 42.6 Å². The van der Waals surface area contributed by atoms with E-state index in [0.717, 1.165) is 22.2 Å². The molecule has 9 heteroatoms. The molecule has 1 aromatic carbocycles. The number of aromatic amines is 1. The smallest absolute Gasteiger partial charge is 0.320 e. The van der Waals surface area contributed by atoms with Gasteiger partial charge in [0.05, 0.1) is 23.6 Å². The number of hydrogen-bond donors (Lipinski definition) is 4. The Kier molecular flexibility index (Phi) is 6.50. The highest BCUT2D eigenvalue weighted by atomic mass is 32.2. The van der Waals surface area contributed by atoms with Gasteiger partial charge in [0, 0.05) is 25.1 Å². The second-order valence-electron chi connectivity index (χ2n) is 5.86. The Bertz CT molecular complexity index is 886. The highest BCUT2D eigenvalue weighted by molar-refractivity contribution is 8.00. The molecule has 1 atom stereocenters. The van der Waals surface area contributed by atoms with E-state index in [9.17, 15) is 4.79 Å². The van der Waals surface area contributed by atoms with Crippen LogP contribution in [0, 0.1) is 0 Å². The summed E-state index contributed by atoms with van der Waals surface area (Å²) in [5, 5.41) is 13.7. The Balaban J connectivity index is 1.59. The molecule has 0 spiro atoms. The molecule has 2 amide bonds. The maximum Gasteiger partial charge on any atom is 0.320 e. The molecule has 0 bridgehead atoms. The highest BCUT2D eigenvalue weighted by Gasteiger charge is 2.11. The molecule has 0 aliphatic heterocycles. The fraction of sp³-hybridized carbons (Fsp3) is 0.278. The summed E-state index contributed by atoms with van der Waals surface area (Å²) in [4.78, 5) is 16.5. The molecular weight excluding hydrogens is 364 g/mol. The summed E-state index contributed by atoms with van der Waals surface area (Å²) >= 11 is 1.50. The van der Waals surface area contributed by atoms with E-state index in [1.54, 1.807) is 19.4 Å². The van der Waals surface area contributed by atoms with Crippen LogP contribution in [-0.2, 0) is 4.74 Å². The summed E-state index contributed by atoms with van der Waals surface area (Å²) < 4.78 is 8.17. The molecule has 0 aliphatic carbocycles. The Morgan fingerprint density at radius 3 is 2.93 bits per heavy atom. The SMILES string of the molecule is COCCSNc1n[nH]c2cc(NC(=O)N[C@H](C)c3ccccc3)ncc12. The van der Waals surface area contributed by atoms with Crippen LogP contribution >= 0.6 is 11.9 Å². The third kappa shape index (κ3) is 5.11. The number of amides is 2. The van der Waals surface area contributed by atoms with E-state index in [2.05, 4.69) is 30.5 Å². The van der Waals surface area contributed by atoms with Gasteiger partial charge >= 0.3 is 6.03 Å². The fourth-order valence-corrected chi connectivity index (χ4v) is 3.12. The zero-order chi connectivity index (χ0) is 19.1. The zero-order valence-electron chi connectivity index (χ0n) is 15.2. The topological polar surface area (TPSA) is 104 Å². The van der Waals surface area contributed by atoms with Gasteiger partial charge in [0.15, 0.2) is 5.82 Å². The lowest BCUT2D eigenvalue weighted by molar-refractivity contribution is 0.219. The molecule has 4 N–H and O–H groups in total. The number of nitrogens with zero attached hydrogens (tertiary/aromatic N) is 2. The van der Waals surface area contributed by atoms with E-state index < -0.39 is 0 Å². The van der Waals surface area contributed by atoms with E-state index in [0.29, 0.717) is 18.2 Å². The van der Waals surface area contributed by atoms with Crippen LogP contribution in [0.1, 0.15) is 18.5 Å². The summed E-state index contributed by atoms with van der Waals surface area (Å²) in [7, 11) is 1.67. The van der Waals surface area contributed by atoms with Crippen molar-refractivity contribution in [1.82, 2.24) is 20.5 Å². The van der Waals surface area contributed by atoms with Crippen LogP contribution in [0.2, 0.25) is 0 Å². The largest absolute Gasteiger partial charge is 0.384 e. The Morgan fingerprint density at radius 2 is 2.15 bits per heavy atom. The number of pyridine rings is 1. The number of nitrogens with one attached hydrogen (secondary N) is 4. The highest BCUT2D eigenvalue weighted by Crippen LogP contribution is 2.23. The van der Waals surface area contributed by atoms with Crippen molar-refractivity contribution in [2.75, 3.05) is 29.5 Å². The predicted molar refractivity (Wildman–Crippen MR) is 109 cm³/mol. The minimum absolute atomic E-state index is 0.109. The number of rotatable bonds is 8. The second-order valence-corrected chi connectivity index (χ2v) is 6.76. The van der Waals surface area contributed by atoms with Crippen molar-refractivity contribution in [3.8, 4) is 0 Å². The van der Waals surface area contributed by atoms with Crippen LogP contribution in [0.4, 0.5) is 16.4 Å². The van der Waals surface area contributed by atoms with Gasteiger partial charge in [-0.2, -0.15) is 5.10 Å². The number of H-pyrrole nitrogens is 1. The van der Waals surface area contributed by atoms with Crippen molar-refractivity contribution in [3.63, 3.8) is 0 Å². The first-order chi connectivity index (χ1) is 13.2. The molecule has 3 rings (SSSR count).